The van der Waals surface area contributed by atoms with Gasteiger partial charge in [-0.3, -0.25) is 9.59 Å². The molecule has 0 saturated heterocycles. The van der Waals surface area contributed by atoms with Gasteiger partial charge in [0.1, 0.15) is 5.41 Å². The van der Waals surface area contributed by atoms with Gasteiger partial charge in [-0.05, 0) is 30.2 Å². The maximum atomic E-state index is 11.9. The molecule has 2 rings (SSSR count). The van der Waals surface area contributed by atoms with Gasteiger partial charge in [-0.25, -0.2) is 0 Å². The second-order valence-electron chi connectivity index (χ2n) is 5.25. The predicted octanol–water partition coefficient (Wildman–Crippen LogP) is 2.57. The Kier molecular flexibility index (Phi) is 3.74. The average molecular weight is 271 g/mol. The summed E-state index contributed by atoms with van der Waals surface area (Å²) >= 11 is 0. The molecule has 0 spiro atoms. The van der Waals surface area contributed by atoms with Crippen LogP contribution in [0, 0.1) is 5.41 Å². The molecule has 0 atom stereocenters. The SMILES string of the molecule is CC(C)(C(=O)O)C(=O)NCc1cccc2ccccc12. The van der Waals surface area contributed by atoms with Gasteiger partial charge >= 0.3 is 5.97 Å². The van der Waals surface area contributed by atoms with Gasteiger partial charge in [-0.2, -0.15) is 0 Å². The Morgan fingerprint density at radius 3 is 2.45 bits per heavy atom. The van der Waals surface area contributed by atoms with Gasteiger partial charge in [0.2, 0.25) is 5.91 Å². The molecule has 0 radical (unpaired) electrons. The van der Waals surface area contributed by atoms with E-state index in [9.17, 15) is 9.59 Å². The first kappa shape index (κ1) is 14.1. The molecule has 0 aliphatic carbocycles. The summed E-state index contributed by atoms with van der Waals surface area (Å²) in [5.74, 6) is -1.62. The van der Waals surface area contributed by atoms with E-state index in [0.717, 1.165) is 16.3 Å². The molecule has 0 unspecified atom stereocenters. The van der Waals surface area contributed by atoms with Gasteiger partial charge in [-0.15, -0.1) is 0 Å². The van der Waals surface area contributed by atoms with Crippen LogP contribution in [-0.2, 0) is 16.1 Å². The third-order valence-corrected chi connectivity index (χ3v) is 3.42. The zero-order valence-electron chi connectivity index (χ0n) is 11.5. The number of nitrogens with one attached hydrogen (secondary N) is 1. The number of carbonyl (C=O) groups excluding carboxylic acids is 1. The van der Waals surface area contributed by atoms with Crippen LogP contribution in [0.2, 0.25) is 0 Å². The molecule has 2 aromatic rings. The van der Waals surface area contributed by atoms with E-state index in [2.05, 4.69) is 5.32 Å². The van der Waals surface area contributed by atoms with E-state index in [4.69, 9.17) is 5.11 Å². The first-order valence-electron chi connectivity index (χ1n) is 6.41. The van der Waals surface area contributed by atoms with Crippen molar-refractivity contribution in [2.24, 2.45) is 5.41 Å². The van der Waals surface area contributed by atoms with Crippen LogP contribution in [0.5, 0.6) is 0 Å². The number of hydrogen-bond acceptors (Lipinski definition) is 2. The van der Waals surface area contributed by atoms with E-state index in [1.54, 1.807) is 0 Å². The molecule has 2 aromatic carbocycles. The van der Waals surface area contributed by atoms with Crippen LogP contribution in [0.25, 0.3) is 10.8 Å². The van der Waals surface area contributed by atoms with E-state index in [-0.39, 0.29) is 0 Å². The number of carboxylic acids is 1. The molecule has 0 bridgehead atoms. The molecule has 4 nitrogen and oxygen atoms in total. The van der Waals surface area contributed by atoms with Gasteiger partial charge in [0.05, 0.1) is 0 Å². The first-order chi connectivity index (χ1) is 9.43. The number of rotatable bonds is 4. The molecule has 0 saturated carbocycles. The lowest BCUT2D eigenvalue weighted by Gasteiger charge is -2.18. The fourth-order valence-corrected chi connectivity index (χ4v) is 1.94. The first-order valence-corrected chi connectivity index (χ1v) is 6.41. The standard InChI is InChI=1S/C16H17NO3/c1-16(2,15(19)20)14(18)17-10-12-8-5-7-11-6-3-4-9-13(11)12/h3-9H,10H2,1-2H3,(H,17,18)(H,19,20). The minimum absolute atomic E-state index is 0.316. The van der Waals surface area contributed by atoms with E-state index < -0.39 is 17.3 Å². The van der Waals surface area contributed by atoms with Crippen LogP contribution in [0.1, 0.15) is 19.4 Å². The number of fused-ring (bicyclic) bond motifs is 1. The van der Waals surface area contributed by atoms with Gasteiger partial charge < -0.3 is 10.4 Å². The summed E-state index contributed by atoms with van der Waals surface area (Å²) in [6, 6.07) is 13.7. The maximum Gasteiger partial charge on any atom is 0.318 e. The number of benzene rings is 2. The summed E-state index contributed by atoms with van der Waals surface area (Å²) in [6.07, 6.45) is 0. The average Bonchev–Trinajstić information content (AvgIpc) is 2.44. The summed E-state index contributed by atoms with van der Waals surface area (Å²) < 4.78 is 0. The lowest BCUT2D eigenvalue weighted by Crippen LogP contribution is -2.42. The topological polar surface area (TPSA) is 66.4 Å². The minimum Gasteiger partial charge on any atom is -0.480 e. The quantitative estimate of drug-likeness (QED) is 0.840. The number of amides is 1. The van der Waals surface area contributed by atoms with Crippen LogP contribution in [-0.4, -0.2) is 17.0 Å². The lowest BCUT2D eigenvalue weighted by atomic mass is 9.92. The largest absolute Gasteiger partial charge is 0.480 e. The van der Waals surface area contributed by atoms with Crippen LogP contribution >= 0.6 is 0 Å². The van der Waals surface area contributed by atoms with Gasteiger partial charge in [0, 0.05) is 6.54 Å². The second kappa shape index (κ2) is 5.33. The lowest BCUT2D eigenvalue weighted by molar-refractivity contribution is -0.153. The van der Waals surface area contributed by atoms with Crippen molar-refractivity contribution in [3.05, 3.63) is 48.0 Å². The molecule has 0 fully saturated rings. The summed E-state index contributed by atoms with van der Waals surface area (Å²) in [6.45, 7) is 3.11. The van der Waals surface area contributed by atoms with Crippen LogP contribution in [0.15, 0.2) is 42.5 Å². The molecule has 0 aliphatic rings. The molecule has 0 heterocycles. The Bertz CT molecular complexity index is 656. The van der Waals surface area contributed by atoms with Crippen molar-refractivity contribution in [1.82, 2.24) is 5.32 Å². The Morgan fingerprint density at radius 1 is 1.10 bits per heavy atom. The molecular formula is C16H17NO3. The molecule has 0 aliphatic heterocycles. The van der Waals surface area contributed by atoms with E-state index >= 15 is 0 Å². The third-order valence-electron chi connectivity index (χ3n) is 3.42. The number of carboxylic acid groups (broad SMARTS) is 1. The summed E-state index contributed by atoms with van der Waals surface area (Å²) in [5.41, 5.74) is -0.456. The zero-order valence-corrected chi connectivity index (χ0v) is 11.5. The summed E-state index contributed by atoms with van der Waals surface area (Å²) in [4.78, 5) is 22.9. The van der Waals surface area contributed by atoms with Gasteiger partial charge in [0.15, 0.2) is 0 Å². The molecule has 4 heteroatoms. The zero-order chi connectivity index (χ0) is 14.8. The number of carbonyl (C=O) groups is 2. The van der Waals surface area contributed by atoms with Crippen LogP contribution in [0.3, 0.4) is 0 Å². The highest BCUT2D eigenvalue weighted by Crippen LogP contribution is 2.19. The smallest absolute Gasteiger partial charge is 0.318 e. The number of aliphatic carboxylic acids is 1. The van der Waals surface area contributed by atoms with E-state index in [0.29, 0.717) is 6.54 Å². The summed E-state index contributed by atoms with van der Waals surface area (Å²) in [5, 5.41) is 13.9. The molecule has 104 valence electrons. The van der Waals surface area contributed by atoms with Gasteiger partial charge in [-0.1, -0.05) is 42.5 Å². The molecule has 2 N–H and O–H groups in total. The highest BCUT2D eigenvalue weighted by Gasteiger charge is 2.35. The maximum absolute atomic E-state index is 11.9. The monoisotopic (exact) mass is 271 g/mol. The normalized spacial score (nSPS) is 11.3. The van der Waals surface area contributed by atoms with Crippen molar-refractivity contribution in [3.63, 3.8) is 0 Å². The fourth-order valence-electron chi connectivity index (χ4n) is 1.94. The van der Waals surface area contributed by atoms with Gasteiger partial charge in [0.25, 0.3) is 0 Å². The van der Waals surface area contributed by atoms with E-state index in [1.807, 2.05) is 42.5 Å². The Labute approximate surface area is 117 Å². The summed E-state index contributed by atoms with van der Waals surface area (Å²) in [7, 11) is 0. The minimum atomic E-state index is -1.43. The molecular weight excluding hydrogens is 254 g/mol. The van der Waals surface area contributed by atoms with Crippen LogP contribution in [0.4, 0.5) is 0 Å². The van der Waals surface area contributed by atoms with Crippen molar-refractivity contribution in [2.75, 3.05) is 0 Å². The van der Waals surface area contributed by atoms with Crippen molar-refractivity contribution >= 4 is 22.6 Å². The third kappa shape index (κ3) is 2.64. The molecule has 20 heavy (non-hydrogen) atoms. The Balaban J connectivity index is 2.18. The number of hydrogen-bond donors (Lipinski definition) is 2. The van der Waals surface area contributed by atoms with Crippen molar-refractivity contribution in [3.8, 4) is 0 Å². The highest BCUT2D eigenvalue weighted by atomic mass is 16.4. The molecule has 1 amide bonds. The Hall–Kier alpha value is -2.36. The molecule has 0 aromatic heterocycles. The van der Waals surface area contributed by atoms with Crippen molar-refractivity contribution in [1.29, 1.82) is 0 Å². The van der Waals surface area contributed by atoms with Crippen molar-refractivity contribution < 1.29 is 14.7 Å². The van der Waals surface area contributed by atoms with Crippen molar-refractivity contribution in [2.45, 2.75) is 20.4 Å². The second-order valence-corrected chi connectivity index (χ2v) is 5.25. The fraction of sp³-hybridized carbons (Fsp3) is 0.250. The highest BCUT2D eigenvalue weighted by molar-refractivity contribution is 6.01. The van der Waals surface area contributed by atoms with Crippen LogP contribution < -0.4 is 5.32 Å². The predicted molar refractivity (Wildman–Crippen MR) is 77.2 cm³/mol. The van der Waals surface area contributed by atoms with E-state index in [1.165, 1.54) is 13.8 Å². The Morgan fingerprint density at radius 2 is 1.75 bits per heavy atom.